The fraction of sp³-hybridized carbons (Fsp3) is 0.290. The number of unbranched alkanes of at least 4 members (excludes halogenated alkanes) is 9. The van der Waals surface area contributed by atoms with E-state index in [-0.39, 0.29) is 74.3 Å². The molecule has 0 heterocycles. The highest BCUT2D eigenvalue weighted by molar-refractivity contribution is 5.76. The number of rotatable bonds is 29. The first-order valence-electron chi connectivity index (χ1n) is 25.7. The summed E-state index contributed by atoms with van der Waals surface area (Å²) in [6, 6.07) is 45.6. The molecular weight excluding hydrogens is 965 g/mol. The third kappa shape index (κ3) is 20.6. The molecule has 0 spiro atoms. The van der Waals surface area contributed by atoms with Crippen LogP contribution in [0, 0.1) is 22.7 Å². The molecule has 6 aromatic carbocycles. The molecule has 0 aliphatic heterocycles. The first kappa shape index (κ1) is 56.4. The van der Waals surface area contributed by atoms with Crippen molar-refractivity contribution in [2.75, 3.05) is 0 Å². The van der Waals surface area contributed by atoms with Crippen LogP contribution in [0.1, 0.15) is 127 Å². The molecule has 0 unspecified atom stereocenters. The van der Waals surface area contributed by atoms with Gasteiger partial charge in [0, 0.05) is 38.5 Å². The summed E-state index contributed by atoms with van der Waals surface area (Å²) in [5.41, 5.74) is 4.45. The summed E-state index contributed by atoms with van der Waals surface area (Å²) in [6.45, 7) is 0. The Hall–Kier alpha value is -8.88. The zero-order chi connectivity index (χ0) is 53.7. The van der Waals surface area contributed by atoms with E-state index in [9.17, 15) is 28.8 Å². The Bertz CT molecular complexity index is 2750. The molecule has 390 valence electrons. The van der Waals surface area contributed by atoms with Crippen molar-refractivity contribution in [3.05, 3.63) is 157 Å². The highest BCUT2D eigenvalue weighted by atomic mass is 16.6. The van der Waals surface area contributed by atoms with Crippen LogP contribution >= 0.6 is 0 Å². The van der Waals surface area contributed by atoms with Crippen LogP contribution in [-0.4, -0.2) is 35.8 Å². The molecule has 14 heteroatoms. The maximum Gasteiger partial charge on any atom is 0.311 e. The third-order valence-corrected chi connectivity index (χ3v) is 11.9. The van der Waals surface area contributed by atoms with Crippen molar-refractivity contribution in [3.63, 3.8) is 0 Å². The smallest absolute Gasteiger partial charge is 0.311 e. The van der Waals surface area contributed by atoms with Crippen molar-refractivity contribution < 1.29 is 57.2 Å². The normalized spacial score (nSPS) is 10.6. The number of nitriles is 2. The first-order chi connectivity index (χ1) is 37.0. The Kier molecular flexibility index (Phi) is 23.0. The van der Waals surface area contributed by atoms with Crippen molar-refractivity contribution in [1.82, 2.24) is 0 Å². The molecule has 0 bridgehead atoms. The van der Waals surface area contributed by atoms with Crippen LogP contribution in [0.2, 0.25) is 0 Å². The minimum Gasteiger partial charge on any atom is -0.427 e. The number of benzene rings is 6. The summed E-state index contributed by atoms with van der Waals surface area (Å²) in [5, 5.41) is 18.0. The minimum atomic E-state index is -0.360. The second-order valence-corrected chi connectivity index (χ2v) is 18.0. The van der Waals surface area contributed by atoms with E-state index in [1.807, 2.05) is 60.7 Å². The monoisotopic (exact) mass is 1020 g/mol. The molecule has 6 rings (SSSR count). The minimum absolute atomic E-state index is 0.248. The molecule has 0 saturated carbocycles. The van der Waals surface area contributed by atoms with E-state index in [1.165, 1.54) is 12.1 Å². The average Bonchev–Trinajstić information content (AvgIpc) is 3.43. The van der Waals surface area contributed by atoms with E-state index < -0.39 is 0 Å². The molecule has 76 heavy (non-hydrogen) atoms. The molecule has 0 radical (unpaired) electrons. The van der Waals surface area contributed by atoms with Gasteiger partial charge in [0.1, 0.15) is 34.5 Å². The number of carbonyl (C=O) groups is 6. The zero-order valence-electron chi connectivity index (χ0n) is 42.4. The van der Waals surface area contributed by atoms with E-state index in [4.69, 9.17) is 38.9 Å². The second kappa shape index (κ2) is 31.0. The summed E-state index contributed by atoms with van der Waals surface area (Å²) in [5.74, 6) is 0.394. The van der Waals surface area contributed by atoms with Crippen LogP contribution < -0.4 is 28.4 Å². The molecule has 0 aliphatic rings. The largest absolute Gasteiger partial charge is 0.427 e. The number of ether oxygens (including phenoxy) is 6. The Labute approximate surface area is 443 Å². The van der Waals surface area contributed by atoms with Gasteiger partial charge >= 0.3 is 35.8 Å². The molecule has 0 amide bonds. The van der Waals surface area contributed by atoms with Gasteiger partial charge in [-0.05, 0) is 146 Å². The Balaban J connectivity index is 0.763. The van der Waals surface area contributed by atoms with E-state index in [0.29, 0.717) is 84.1 Å². The third-order valence-electron chi connectivity index (χ3n) is 11.9. The van der Waals surface area contributed by atoms with E-state index in [2.05, 4.69) is 0 Å². The van der Waals surface area contributed by atoms with E-state index in [0.717, 1.165) is 60.8 Å². The lowest BCUT2D eigenvalue weighted by atomic mass is 10.1. The molecule has 14 nitrogen and oxygen atoms in total. The van der Waals surface area contributed by atoms with E-state index >= 15 is 0 Å². The predicted octanol–water partition coefficient (Wildman–Crippen LogP) is 13.3. The van der Waals surface area contributed by atoms with Crippen LogP contribution in [0.15, 0.2) is 146 Å². The van der Waals surface area contributed by atoms with Gasteiger partial charge in [-0.2, -0.15) is 10.5 Å². The summed E-state index contributed by atoms with van der Waals surface area (Å²) < 4.78 is 32.6. The lowest BCUT2D eigenvalue weighted by Gasteiger charge is -2.08. The van der Waals surface area contributed by atoms with Gasteiger partial charge in [-0.3, -0.25) is 28.8 Å². The molecule has 0 saturated heterocycles. The molecule has 6 aromatic rings. The highest BCUT2D eigenvalue weighted by Crippen LogP contribution is 2.28. The molecular formula is C62H60N2O12. The zero-order valence-corrected chi connectivity index (χ0v) is 42.4. The van der Waals surface area contributed by atoms with Gasteiger partial charge in [0.2, 0.25) is 0 Å². The highest BCUT2D eigenvalue weighted by Gasteiger charge is 2.13. The maximum absolute atomic E-state index is 12.5. The fourth-order valence-electron chi connectivity index (χ4n) is 7.89. The average molecular weight is 1030 g/mol. The first-order valence-corrected chi connectivity index (χ1v) is 25.7. The van der Waals surface area contributed by atoms with Gasteiger partial charge in [0.25, 0.3) is 0 Å². The van der Waals surface area contributed by atoms with Gasteiger partial charge in [0.05, 0.1) is 23.3 Å². The Morgan fingerprint density at radius 2 is 0.487 bits per heavy atom. The fourth-order valence-corrected chi connectivity index (χ4v) is 7.89. The molecule has 0 aliphatic carbocycles. The lowest BCUT2D eigenvalue weighted by molar-refractivity contribution is -0.135. The number of hydrogen-bond acceptors (Lipinski definition) is 14. The van der Waals surface area contributed by atoms with Gasteiger partial charge in [-0.1, -0.05) is 99.2 Å². The number of hydrogen-bond donors (Lipinski definition) is 0. The second-order valence-electron chi connectivity index (χ2n) is 18.0. The molecule has 0 N–H and O–H groups in total. The summed E-state index contributed by atoms with van der Waals surface area (Å²) in [4.78, 5) is 74.1. The van der Waals surface area contributed by atoms with Gasteiger partial charge in [-0.15, -0.1) is 0 Å². The van der Waals surface area contributed by atoms with Gasteiger partial charge < -0.3 is 28.4 Å². The van der Waals surface area contributed by atoms with Crippen molar-refractivity contribution >= 4 is 35.8 Å². The molecule has 0 atom stereocenters. The number of carbonyl (C=O) groups excluding carboxylic acids is 6. The van der Waals surface area contributed by atoms with Gasteiger partial charge in [0.15, 0.2) is 0 Å². The summed E-state index contributed by atoms with van der Waals surface area (Å²) in [7, 11) is 0. The summed E-state index contributed by atoms with van der Waals surface area (Å²) in [6.07, 6.45) is 9.87. The van der Waals surface area contributed by atoms with Crippen molar-refractivity contribution in [3.8, 4) is 68.9 Å². The lowest BCUT2D eigenvalue weighted by Crippen LogP contribution is -2.08. The van der Waals surface area contributed by atoms with Crippen LogP contribution in [0.3, 0.4) is 0 Å². The van der Waals surface area contributed by atoms with Crippen LogP contribution in [-0.2, 0) is 28.8 Å². The van der Waals surface area contributed by atoms with E-state index in [1.54, 1.807) is 84.9 Å². The number of esters is 6. The SMILES string of the molecule is N#Cc1cccc(OC(=O)CCCCCCC(=O)Oc2ccc(-c3ccc(OC(=O)CCCCCCC(=O)Oc4ccc(-c5ccc(OC(=O)CCCCCCC(=O)Oc6cccc(C#N)c6)cc5)cc4)cc3)cc2)c1. The maximum atomic E-state index is 12.5. The molecule has 0 fully saturated rings. The summed E-state index contributed by atoms with van der Waals surface area (Å²) >= 11 is 0. The quantitative estimate of drug-likeness (QED) is 0.0243. The van der Waals surface area contributed by atoms with Crippen LogP contribution in [0.4, 0.5) is 0 Å². The number of nitrogens with zero attached hydrogens (tertiary/aromatic N) is 2. The van der Waals surface area contributed by atoms with Crippen molar-refractivity contribution in [2.24, 2.45) is 0 Å². The van der Waals surface area contributed by atoms with Crippen LogP contribution in [0.5, 0.6) is 34.5 Å². The Morgan fingerprint density at radius 3 is 0.697 bits per heavy atom. The molecule has 0 aromatic heterocycles. The standard InChI is InChI=1S/C62H60N2O12/c63-43-45-15-13-17-55(41-45)75-61(69)23-11-5-3-9-21-59(67)73-53-37-29-49(30-38-53)47-25-33-51(34-26-47)71-57(65)19-7-1-2-8-20-58(66)72-52-35-27-48(28-36-52)50-31-39-54(40-32-50)74-60(68)22-10-4-6-12-24-62(70)76-56-18-14-16-46(42-56)44-64/h13-18,25-42H,1-12,19-24H2. The van der Waals surface area contributed by atoms with Crippen molar-refractivity contribution in [2.45, 2.75) is 116 Å². The van der Waals surface area contributed by atoms with Crippen molar-refractivity contribution in [1.29, 1.82) is 10.5 Å². The van der Waals surface area contributed by atoms with Crippen LogP contribution in [0.25, 0.3) is 22.3 Å². The topological polar surface area (TPSA) is 205 Å². The van der Waals surface area contributed by atoms with Gasteiger partial charge in [-0.25, -0.2) is 0 Å². The predicted molar refractivity (Wildman–Crippen MR) is 283 cm³/mol. The Morgan fingerprint density at radius 1 is 0.276 bits per heavy atom.